The van der Waals surface area contributed by atoms with Gasteiger partial charge in [-0.25, -0.2) is 4.79 Å². The molecule has 9 heteroatoms. The Hall–Kier alpha value is -2.97. The van der Waals surface area contributed by atoms with Crippen molar-refractivity contribution in [1.29, 1.82) is 0 Å². The molecule has 1 aromatic carbocycles. The zero-order valence-electron chi connectivity index (χ0n) is 19.7. The van der Waals surface area contributed by atoms with Crippen LogP contribution in [0.5, 0.6) is 11.5 Å². The number of methoxy groups -OCH3 is 2. The van der Waals surface area contributed by atoms with Crippen molar-refractivity contribution in [2.75, 3.05) is 46.9 Å². The van der Waals surface area contributed by atoms with Gasteiger partial charge in [0.05, 0.1) is 20.6 Å². The fourth-order valence-electron chi connectivity index (χ4n) is 3.44. The minimum absolute atomic E-state index is 0.0121. The van der Waals surface area contributed by atoms with E-state index >= 15 is 0 Å². The number of hydrogen-bond donors (Lipinski definition) is 1. The molecule has 1 heterocycles. The minimum Gasteiger partial charge on any atom is -0.493 e. The summed E-state index contributed by atoms with van der Waals surface area (Å²) in [5.41, 5.74) is 0.268. The van der Waals surface area contributed by atoms with Gasteiger partial charge in [-0.15, -0.1) is 0 Å². The lowest BCUT2D eigenvalue weighted by Crippen LogP contribution is -2.39. The average molecular weight is 450 g/mol. The van der Waals surface area contributed by atoms with Gasteiger partial charge in [-0.3, -0.25) is 9.59 Å². The van der Waals surface area contributed by atoms with Gasteiger partial charge in [0, 0.05) is 39.1 Å². The van der Waals surface area contributed by atoms with Crippen molar-refractivity contribution in [3.8, 4) is 11.5 Å². The topological polar surface area (TPSA) is 97.4 Å². The Morgan fingerprint density at radius 2 is 1.56 bits per heavy atom. The summed E-state index contributed by atoms with van der Waals surface area (Å²) in [6.45, 7) is 7.72. The van der Waals surface area contributed by atoms with Crippen LogP contribution in [-0.2, 0) is 20.7 Å². The predicted molar refractivity (Wildman–Crippen MR) is 120 cm³/mol. The Bertz CT molecular complexity index is 805. The molecule has 0 atom stereocenters. The van der Waals surface area contributed by atoms with E-state index in [4.69, 9.17) is 14.2 Å². The summed E-state index contributed by atoms with van der Waals surface area (Å²) in [6, 6.07) is 5.45. The number of carbonyl (C=O) groups is 3. The molecule has 9 nitrogen and oxygen atoms in total. The van der Waals surface area contributed by atoms with Crippen molar-refractivity contribution in [2.45, 2.75) is 45.6 Å². The Balaban J connectivity index is 1.81. The van der Waals surface area contributed by atoms with Gasteiger partial charge in [0.15, 0.2) is 11.5 Å². The van der Waals surface area contributed by atoms with Gasteiger partial charge in [-0.1, -0.05) is 6.07 Å². The second kappa shape index (κ2) is 11.6. The van der Waals surface area contributed by atoms with Gasteiger partial charge in [0.1, 0.15) is 5.60 Å². The highest BCUT2D eigenvalue weighted by molar-refractivity contribution is 5.80. The maximum absolute atomic E-state index is 12.8. The number of carbonyl (C=O) groups excluding carboxylic acids is 3. The number of amides is 3. The van der Waals surface area contributed by atoms with Crippen LogP contribution in [0.2, 0.25) is 0 Å². The highest BCUT2D eigenvalue weighted by Gasteiger charge is 2.23. The monoisotopic (exact) mass is 449 g/mol. The number of hydrogen-bond acceptors (Lipinski definition) is 6. The van der Waals surface area contributed by atoms with Crippen LogP contribution < -0.4 is 14.8 Å². The van der Waals surface area contributed by atoms with E-state index in [0.29, 0.717) is 44.1 Å². The first-order valence-electron chi connectivity index (χ1n) is 10.9. The zero-order chi connectivity index (χ0) is 23.7. The Morgan fingerprint density at radius 1 is 0.938 bits per heavy atom. The SMILES string of the molecule is COc1ccc(CC(=O)N2CCCN(C(=O)CCNC(=O)OC(C)(C)C)CC2)cc1OC. The van der Waals surface area contributed by atoms with Gasteiger partial charge < -0.3 is 29.3 Å². The van der Waals surface area contributed by atoms with Gasteiger partial charge in [0.2, 0.25) is 11.8 Å². The van der Waals surface area contributed by atoms with Crippen LogP contribution in [0.4, 0.5) is 4.79 Å². The van der Waals surface area contributed by atoms with Gasteiger partial charge in [0.25, 0.3) is 0 Å². The van der Waals surface area contributed by atoms with Crippen LogP contribution in [0.3, 0.4) is 0 Å². The van der Waals surface area contributed by atoms with Gasteiger partial charge in [-0.2, -0.15) is 0 Å². The van der Waals surface area contributed by atoms with Crippen LogP contribution in [-0.4, -0.2) is 80.3 Å². The number of nitrogens with zero attached hydrogens (tertiary/aromatic N) is 2. The quantitative estimate of drug-likeness (QED) is 0.686. The third kappa shape index (κ3) is 7.94. The highest BCUT2D eigenvalue weighted by Crippen LogP contribution is 2.27. The number of benzene rings is 1. The largest absolute Gasteiger partial charge is 0.493 e. The Morgan fingerprint density at radius 3 is 2.16 bits per heavy atom. The predicted octanol–water partition coefficient (Wildman–Crippen LogP) is 2.22. The molecule has 2 rings (SSSR count). The van der Waals surface area contributed by atoms with E-state index in [9.17, 15) is 14.4 Å². The zero-order valence-corrected chi connectivity index (χ0v) is 19.7. The van der Waals surface area contributed by atoms with Crippen molar-refractivity contribution >= 4 is 17.9 Å². The van der Waals surface area contributed by atoms with E-state index in [0.717, 1.165) is 5.56 Å². The second-order valence-corrected chi connectivity index (χ2v) is 8.66. The lowest BCUT2D eigenvalue weighted by atomic mass is 10.1. The molecule has 3 amide bonds. The molecule has 1 aromatic rings. The van der Waals surface area contributed by atoms with Crippen LogP contribution in [0.25, 0.3) is 0 Å². The van der Waals surface area contributed by atoms with Crippen LogP contribution >= 0.6 is 0 Å². The lowest BCUT2D eigenvalue weighted by molar-refractivity contribution is -0.133. The fraction of sp³-hybridized carbons (Fsp3) is 0.609. The molecular formula is C23H35N3O6. The lowest BCUT2D eigenvalue weighted by Gasteiger charge is -2.23. The number of nitrogens with one attached hydrogen (secondary N) is 1. The van der Waals surface area contributed by atoms with E-state index in [-0.39, 0.29) is 31.2 Å². The summed E-state index contributed by atoms with van der Waals surface area (Å²) in [5, 5.41) is 2.60. The van der Waals surface area contributed by atoms with Crippen molar-refractivity contribution in [3.05, 3.63) is 23.8 Å². The Labute approximate surface area is 190 Å². The first-order valence-corrected chi connectivity index (χ1v) is 10.9. The standard InChI is InChI=1S/C23H35N3O6/c1-23(2,3)32-22(29)24-10-9-20(27)25-11-6-12-26(14-13-25)21(28)16-17-7-8-18(30-4)19(15-17)31-5/h7-8,15H,6,9-14,16H2,1-5H3,(H,24,29). The molecule has 0 radical (unpaired) electrons. The molecule has 1 N–H and O–H groups in total. The van der Waals surface area contributed by atoms with E-state index in [2.05, 4.69) is 5.32 Å². The van der Waals surface area contributed by atoms with E-state index in [1.807, 2.05) is 12.1 Å². The summed E-state index contributed by atoms with van der Waals surface area (Å²) >= 11 is 0. The number of ether oxygens (including phenoxy) is 3. The fourth-order valence-corrected chi connectivity index (χ4v) is 3.44. The van der Waals surface area contributed by atoms with E-state index in [1.165, 1.54) is 0 Å². The molecule has 0 aromatic heterocycles. The number of rotatable bonds is 7. The number of alkyl carbamates (subject to hydrolysis) is 1. The van der Waals surface area contributed by atoms with Crippen molar-refractivity contribution in [1.82, 2.24) is 15.1 Å². The van der Waals surface area contributed by atoms with E-state index < -0.39 is 11.7 Å². The van der Waals surface area contributed by atoms with Crippen LogP contribution in [0.15, 0.2) is 18.2 Å². The molecule has 1 aliphatic heterocycles. The van der Waals surface area contributed by atoms with Crippen molar-refractivity contribution < 1.29 is 28.6 Å². The molecule has 0 bridgehead atoms. The van der Waals surface area contributed by atoms with Crippen molar-refractivity contribution in [2.24, 2.45) is 0 Å². The summed E-state index contributed by atoms with van der Waals surface area (Å²) in [4.78, 5) is 40.6. The minimum atomic E-state index is -0.578. The smallest absolute Gasteiger partial charge is 0.407 e. The first-order chi connectivity index (χ1) is 15.1. The molecular weight excluding hydrogens is 414 g/mol. The van der Waals surface area contributed by atoms with Crippen LogP contribution in [0.1, 0.15) is 39.2 Å². The maximum atomic E-state index is 12.8. The molecule has 1 aliphatic rings. The summed E-state index contributed by atoms with van der Waals surface area (Å²) in [5.74, 6) is 1.17. The summed E-state index contributed by atoms with van der Waals surface area (Å²) in [7, 11) is 3.13. The van der Waals surface area contributed by atoms with Gasteiger partial charge >= 0.3 is 6.09 Å². The molecule has 0 unspecified atom stereocenters. The molecule has 1 fully saturated rings. The normalized spacial score (nSPS) is 14.4. The van der Waals surface area contributed by atoms with E-state index in [1.54, 1.807) is 50.9 Å². The highest BCUT2D eigenvalue weighted by atomic mass is 16.6. The molecule has 1 saturated heterocycles. The third-order valence-electron chi connectivity index (χ3n) is 5.01. The Kier molecular flexibility index (Phi) is 9.16. The summed E-state index contributed by atoms with van der Waals surface area (Å²) < 4.78 is 15.7. The second-order valence-electron chi connectivity index (χ2n) is 8.66. The first kappa shape index (κ1) is 25.3. The summed E-state index contributed by atoms with van der Waals surface area (Å²) in [6.07, 6.45) is 0.628. The third-order valence-corrected chi connectivity index (χ3v) is 5.01. The molecule has 0 saturated carbocycles. The molecule has 32 heavy (non-hydrogen) atoms. The van der Waals surface area contributed by atoms with Crippen LogP contribution in [0, 0.1) is 0 Å². The molecule has 0 aliphatic carbocycles. The molecule has 178 valence electrons. The average Bonchev–Trinajstić information content (AvgIpc) is 2.98. The molecule has 0 spiro atoms. The van der Waals surface area contributed by atoms with Crippen molar-refractivity contribution in [3.63, 3.8) is 0 Å². The van der Waals surface area contributed by atoms with Gasteiger partial charge in [-0.05, 0) is 44.9 Å². The maximum Gasteiger partial charge on any atom is 0.407 e.